The van der Waals surface area contributed by atoms with Crippen LogP contribution in [0.5, 0.6) is 5.75 Å². The molecule has 136 valence electrons. The first kappa shape index (κ1) is 20.2. The lowest BCUT2D eigenvalue weighted by Crippen LogP contribution is -2.21. The van der Waals surface area contributed by atoms with E-state index in [-0.39, 0.29) is 18.2 Å². The van der Waals surface area contributed by atoms with Crippen molar-refractivity contribution in [3.63, 3.8) is 0 Å². The van der Waals surface area contributed by atoms with Gasteiger partial charge in [0.1, 0.15) is 5.75 Å². The van der Waals surface area contributed by atoms with Crippen LogP contribution < -0.4 is 15.5 Å². The summed E-state index contributed by atoms with van der Waals surface area (Å²) in [7, 11) is 1.51. The van der Waals surface area contributed by atoms with E-state index in [4.69, 9.17) is 16.3 Å². The SMILES string of the molecule is COc1ccc(Cl)cc1NC(=O)C/C(C)=N\NC(=O)c1ccc(I)cc1. The molecule has 0 saturated carbocycles. The Kier molecular flexibility index (Phi) is 7.40. The summed E-state index contributed by atoms with van der Waals surface area (Å²) in [4.78, 5) is 24.2. The highest BCUT2D eigenvalue weighted by Gasteiger charge is 2.10. The molecule has 2 aromatic carbocycles. The number of anilines is 1. The number of hydrazone groups is 1. The zero-order chi connectivity index (χ0) is 19.1. The van der Waals surface area contributed by atoms with Crippen LogP contribution >= 0.6 is 34.2 Å². The van der Waals surface area contributed by atoms with Crippen molar-refractivity contribution in [2.75, 3.05) is 12.4 Å². The van der Waals surface area contributed by atoms with E-state index in [0.29, 0.717) is 27.7 Å². The second-order valence-corrected chi connectivity index (χ2v) is 7.05. The van der Waals surface area contributed by atoms with Gasteiger partial charge in [-0.1, -0.05) is 11.6 Å². The van der Waals surface area contributed by atoms with Gasteiger partial charge in [0.05, 0.1) is 19.2 Å². The average Bonchev–Trinajstić information content (AvgIpc) is 2.60. The average molecular weight is 486 g/mol. The molecule has 2 N–H and O–H groups in total. The number of methoxy groups -OCH3 is 1. The van der Waals surface area contributed by atoms with Gasteiger partial charge in [0.2, 0.25) is 5.91 Å². The third-order valence-corrected chi connectivity index (χ3v) is 4.26. The van der Waals surface area contributed by atoms with E-state index < -0.39 is 0 Å². The lowest BCUT2D eigenvalue weighted by molar-refractivity contribution is -0.115. The first-order chi connectivity index (χ1) is 12.4. The molecule has 0 radical (unpaired) electrons. The van der Waals surface area contributed by atoms with Gasteiger partial charge in [-0.05, 0) is 72.0 Å². The standard InChI is InChI=1S/C18H17ClIN3O3/c1-11(22-23-18(25)12-3-6-14(20)7-4-12)9-17(24)21-15-10-13(19)5-8-16(15)26-2/h3-8,10H,9H2,1-2H3,(H,21,24)(H,23,25)/b22-11-. The van der Waals surface area contributed by atoms with Crippen molar-refractivity contribution in [3.05, 3.63) is 56.6 Å². The van der Waals surface area contributed by atoms with E-state index in [9.17, 15) is 9.59 Å². The number of amides is 2. The van der Waals surface area contributed by atoms with Gasteiger partial charge in [0.15, 0.2) is 0 Å². The van der Waals surface area contributed by atoms with E-state index >= 15 is 0 Å². The number of hydrogen-bond acceptors (Lipinski definition) is 4. The van der Waals surface area contributed by atoms with Crippen molar-refractivity contribution >= 4 is 57.4 Å². The molecule has 6 nitrogen and oxygen atoms in total. The maximum atomic E-state index is 12.2. The zero-order valence-corrected chi connectivity index (χ0v) is 17.1. The van der Waals surface area contributed by atoms with Gasteiger partial charge in [-0.2, -0.15) is 5.10 Å². The third kappa shape index (κ3) is 5.99. The molecule has 0 heterocycles. The molecule has 8 heteroatoms. The summed E-state index contributed by atoms with van der Waals surface area (Å²) >= 11 is 8.10. The molecule has 0 spiro atoms. The summed E-state index contributed by atoms with van der Waals surface area (Å²) in [5, 5.41) is 7.16. The lowest BCUT2D eigenvalue weighted by Gasteiger charge is -2.10. The number of nitrogens with one attached hydrogen (secondary N) is 2. The van der Waals surface area contributed by atoms with Crippen LogP contribution in [0.2, 0.25) is 5.02 Å². The van der Waals surface area contributed by atoms with Crippen LogP contribution in [0.3, 0.4) is 0 Å². The highest BCUT2D eigenvalue weighted by atomic mass is 127. The Morgan fingerprint density at radius 1 is 1.19 bits per heavy atom. The fraction of sp³-hybridized carbons (Fsp3) is 0.167. The summed E-state index contributed by atoms with van der Waals surface area (Å²) < 4.78 is 6.22. The molecular weight excluding hydrogens is 469 g/mol. The largest absolute Gasteiger partial charge is 0.495 e. The van der Waals surface area contributed by atoms with E-state index in [1.54, 1.807) is 37.3 Å². The number of benzene rings is 2. The Labute approximate surface area is 170 Å². The molecule has 0 aliphatic rings. The van der Waals surface area contributed by atoms with Crippen molar-refractivity contribution in [2.24, 2.45) is 5.10 Å². The minimum absolute atomic E-state index is 0.0165. The van der Waals surface area contributed by atoms with E-state index in [0.717, 1.165) is 3.57 Å². The van der Waals surface area contributed by atoms with Crippen LogP contribution in [0.15, 0.2) is 47.6 Å². The van der Waals surface area contributed by atoms with Gasteiger partial charge in [-0.25, -0.2) is 5.43 Å². The molecule has 0 atom stereocenters. The Morgan fingerprint density at radius 3 is 2.54 bits per heavy atom. The van der Waals surface area contributed by atoms with Gasteiger partial charge in [0, 0.05) is 19.9 Å². The fourth-order valence-electron chi connectivity index (χ4n) is 2.06. The van der Waals surface area contributed by atoms with Crippen LogP contribution in [0.1, 0.15) is 23.7 Å². The molecule has 0 fully saturated rings. The van der Waals surface area contributed by atoms with Crippen LogP contribution in [0, 0.1) is 3.57 Å². The molecular formula is C18H17ClIN3O3. The number of carbonyl (C=O) groups is 2. The van der Waals surface area contributed by atoms with E-state index in [1.807, 2.05) is 12.1 Å². The number of nitrogens with zero attached hydrogens (tertiary/aromatic N) is 1. The number of carbonyl (C=O) groups excluding carboxylic acids is 2. The summed E-state index contributed by atoms with van der Waals surface area (Å²) in [6.45, 7) is 1.66. The van der Waals surface area contributed by atoms with Crippen molar-refractivity contribution in [1.29, 1.82) is 0 Å². The van der Waals surface area contributed by atoms with Gasteiger partial charge in [-0.3, -0.25) is 9.59 Å². The molecule has 0 aromatic heterocycles. The van der Waals surface area contributed by atoms with Crippen LogP contribution in [-0.4, -0.2) is 24.6 Å². The molecule has 0 aliphatic heterocycles. The molecule has 2 rings (SSSR count). The van der Waals surface area contributed by atoms with E-state index in [2.05, 4.69) is 38.4 Å². The maximum absolute atomic E-state index is 12.2. The Morgan fingerprint density at radius 2 is 1.88 bits per heavy atom. The monoisotopic (exact) mass is 485 g/mol. The number of ether oxygens (including phenoxy) is 1. The first-order valence-corrected chi connectivity index (χ1v) is 9.07. The summed E-state index contributed by atoms with van der Waals surface area (Å²) in [5.74, 6) is -0.127. The molecule has 26 heavy (non-hydrogen) atoms. The number of rotatable bonds is 6. The highest BCUT2D eigenvalue weighted by Crippen LogP contribution is 2.27. The highest BCUT2D eigenvalue weighted by molar-refractivity contribution is 14.1. The van der Waals surface area contributed by atoms with Crippen molar-refractivity contribution in [3.8, 4) is 5.75 Å². The quantitative estimate of drug-likeness (QED) is 0.367. The summed E-state index contributed by atoms with van der Waals surface area (Å²) in [6, 6.07) is 12.0. The number of halogens is 2. The normalized spacial score (nSPS) is 11.0. The smallest absolute Gasteiger partial charge is 0.271 e. The molecule has 2 aromatic rings. The second-order valence-electron chi connectivity index (χ2n) is 5.36. The summed E-state index contributed by atoms with van der Waals surface area (Å²) in [6.07, 6.45) is 0.0165. The number of hydrogen-bond donors (Lipinski definition) is 2. The molecule has 2 amide bonds. The van der Waals surface area contributed by atoms with Gasteiger partial charge >= 0.3 is 0 Å². The predicted molar refractivity (Wildman–Crippen MR) is 111 cm³/mol. The lowest BCUT2D eigenvalue weighted by atomic mass is 10.2. The van der Waals surface area contributed by atoms with Crippen molar-refractivity contribution in [1.82, 2.24) is 5.43 Å². The van der Waals surface area contributed by atoms with Crippen LogP contribution in [-0.2, 0) is 4.79 Å². The van der Waals surface area contributed by atoms with E-state index in [1.165, 1.54) is 7.11 Å². The minimum Gasteiger partial charge on any atom is -0.495 e. The van der Waals surface area contributed by atoms with Gasteiger partial charge in [-0.15, -0.1) is 0 Å². The molecule has 0 bridgehead atoms. The third-order valence-electron chi connectivity index (χ3n) is 3.31. The Balaban J connectivity index is 1.94. The van der Waals surface area contributed by atoms with Gasteiger partial charge in [0.25, 0.3) is 5.91 Å². The molecule has 0 unspecified atom stereocenters. The van der Waals surface area contributed by atoms with Gasteiger partial charge < -0.3 is 10.1 Å². The predicted octanol–water partition coefficient (Wildman–Crippen LogP) is 4.09. The van der Waals surface area contributed by atoms with Crippen LogP contribution in [0.4, 0.5) is 5.69 Å². The Hall–Kier alpha value is -2.13. The first-order valence-electron chi connectivity index (χ1n) is 7.61. The topological polar surface area (TPSA) is 79.8 Å². The van der Waals surface area contributed by atoms with Crippen LogP contribution in [0.25, 0.3) is 0 Å². The fourth-order valence-corrected chi connectivity index (χ4v) is 2.59. The zero-order valence-electron chi connectivity index (χ0n) is 14.2. The van der Waals surface area contributed by atoms with Crippen molar-refractivity contribution in [2.45, 2.75) is 13.3 Å². The Bertz CT molecular complexity index is 838. The maximum Gasteiger partial charge on any atom is 0.271 e. The summed E-state index contributed by atoms with van der Waals surface area (Å²) in [5.41, 5.74) is 3.87. The minimum atomic E-state index is -0.335. The molecule has 0 saturated heterocycles. The second kappa shape index (κ2) is 9.54. The van der Waals surface area contributed by atoms with Crippen molar-refractivity contribution < 1.29 is 14.3 Å². The molecule has 0 aliphatic carbocycles.